The number of hydrogen-bond acceptors (Lipinski definition) is 3. The van der Waals surface area contributed by atoms with Gasteiger partial charge < -0.3 is 15.2 Å². The van der Waals surface area contributed by atoms with E-state index in [0.717, 1.165) is 12.8 Å². The van der Waals surface area contributed by atoms with Gasteiger partial charge in [0.15, 0.2) is 5.79 Å². The normalized spacial score (nSPS) is 16.0. The van der Waals surface area contributed by atoms with Crippen molar-refractivity contribution in [1.82, 2.24) is 5.32 Å². The molecular weight excluding hydrogens is 154 g/mol. The van der Waals surface area contributed by atoms with Gasteiger partial charge in [0, 0.05) is 6.54 Å². The second-order valence-electron chi connectivity index (χ2n) is 3.26. The van der Waals surface area contributed by atoms with Crippen LogP contribution in [0.15, 0.2) is 0 Å². The summed E-state index contributed by atoms with van der Waals surface area (Å²) in [5.74, 6) is -1.01. The average molecular weight is 175 g/mol. The maximum Gasteiger partial charge on any atom is 0.175 e. The molecule has 2 N–H and O–H groups in total. The molecule has 0 fully saturated rings. The molecule has 0 rings (SSSR count). The molecule has 3 heteroatoms. The number of unbranched alkanes of at least 4 members (excludes halogenated alkanes) is 2. The minimum atomic E-state index is -1.01. The molecule has 0 heterocycles. The van der Waals surface area contributed by atoms with Gasteiger partial charge in [-0.3, -0.25) is 0 Å². The number of nitrogens with one attached hydrogen (secondary N) is 1. The van der Waals surface area contributed by atoms with Gasteiger partial charge in [-0.05, 0) is 20.4 Å². The van der Waals surface area contributed by atoms with Crippen LogP contribution in [0.25, 0.3) is 0 Å². The molecule has 3 nitrogen and oxygen atoms in total. The molecular formula is C9H21NO2. The minimum absolute atomic E-state index is 0.471. The SMILES string of the molecule is CCCCCOC(C)(O)CNC. The molecule has 0 aromatic heterocycles. The van der Waals surface area contributed by atoms with Gasteiger partial charge in [-0.1, -0.05) is 19.8 Å². The standard InChI is InChI=1S/C9H21NO2/c1-4-5-6-7-12-9(2,11)8-10-3/h10-11H,4-8H2,1-3H3. The molecule has 0 amide bonds. The van der Waals surface area contributed by atoms with Crippen molar-refractivity contribution >= 4 is 0 Å². The van der Waals surface area contributed by atoms with Crippen molar-refractivity contribution in [3.05, 3.63) is 0 Å². The van der Waals surface area contributed by atoms with Crippen LogP contribution in [-0.4, -0.2) is 31.1 Å². The van der Waals surface area contributed by atoms with Crippen molar-refractivity contribution in [2.24, 2.45) is 0 Å². The maximum atomic E-state index is 9.53. The van der Waals surface area contributed by atoms with Crippen LogP contribution in [0, 0.1) is 0 Å². The summed E-state index contributed by atoms with van der Waals surface area (Å²) >= 11 is 0. The molecule has 0 saturated carbocycles. The molecule has 0 aromatic carbocycles. The lowest BCUT2D eigenvalue weighted by Crippen LogP contribution is -2.39. The Labute approximate surface area is 75.1 Å². The molecule has 0 aliphatic carbocycles. The Kier molecular flexibility index (Phi) is 6.34. The first-order chi connectivity index (χ1) is 5.62. The zero-order chi connectivity index (χ0) is 9.45. The molecule has 0 aliphatic heterocycles. The quantitative estimate of drug-likeness (QED) is 0.450. The summed E-state index contributed by atoms with van der Waals surface area (Å²) in [6.45, 7) is 4.93. The van der Waals surface area contributed by atoms with Crippen molar-refractivity contribution in [3.63, 3.8) is 0 Å². The molecule has 1 unspecified atom stereocenters. The number of likely N-dealkylation sites (N-methyl/N-ethyl adjacent to an activating group) is 1. The molecule has 1 atom stereocenters. The average Bonchev–Trinajstić information content (AvgIpc) is 1.98. The lowest BCUT2D eigenvalue weighted by Gasteiger charge is -2.23. The minimum Gasteiger partial charge on any atom is -0.365 e. The van der Waals surface area contributed by atoms with Crippen LogP contribution in [0.1, 0.15) is 33.1 Å². The van der Waals surface area contributed by atoms with Crippen LogP contribution >= 0.6 is 0 Å². The van der Waals surface area contributed by atoms with E-state index in [9.17, 15) is 5.11 Å². The van der Waals surface area contributed by atoms with Gasteiger partial charge in [-0.2, -0.15) is 0 Å². The molecule has 0 aliphatic rings. The lowest BCUT2D eigenvalue weighted by atomic mass is 10.2. The van der Waals surface area contributed by atoms with E-state index < -0.39 is 5.79 Å². The van der Waals surface area contributed by atoms with Crippen LogP contribution in [0.5, 0.6) is 0 Å². The second-order valence-corrected chi connectivity index (χ2v) is 3.26. The first-order valence-electron chi connectivity index (χ1n) is 4.63. The summed E-state index contributed by atoms with van der Waals surface area (Å²) in [6, 6.07) is 0. The lowest BCUT2D eigenvalue weighted by molar-refractivity contribution is -0.186. The Bertz CT molecular complexity index is 105. The third-order valence-electron chi connectivity index (χ3n) is 1.67. The Morgan fingerprint density at radius 3 is 2.58 bits per heavy atom. The highest BCUT2D eigenvalue weighted by molar-refractivity contribution is 4.61. The maximum absolute atomic E-state index is 9.53. The van der Waals surface area contributed by atoms with Gasteiger partial charge in [0.05, 0.1) is 6.61 Å². The van der Waals surface area contributed by atoms with E-state index >= 15 is 0 Å². The third-order valence-corrected chi connectivity index (χ3v) is 1.67. The fraction of sp³-hybridized carbons (Fsp3) is 1.00. The molecule has 0 saturated heterocycles. The van der Waals surface area contributed by atoms with Crippen LogP contribution in [0.2, 0.25) is 0 Å². The van der Waals surface area contributed by atoms with Gasteiger partial charge in [0.2, 0.25) is 0 Å². The fourth-order valence-electron chi connectivity index (χ4n) is 1.02. The smallest absolute Gasteiger partial charge is 0.175 e. The largest absolute Gasteiger partial charge is 0.365 e. The second kappa shape index (κ2) is 6.40. The zero-order valence-electron chi connectivity index (χ0n) is 8.39. The van der Waals surface area contributed by atoms with Crippen LogP contribution < -0.4 is 5.32 Å². The monoisotopic (exact) mass is 175 g/mol. The highest BCUT2D eigenvalue weighted by atomic mass is 16.6. The van der Waals surface area contributed by atoms with E-state index in [2.05, 4.69) is 12.2 Å². The number of rotatable bonds is 7. The van der Waals surface area contributed by atoms with Crippen molar-refractivity contribution < 1.29 is 9.84 Å². The molecule has 0 aromatic rings. The van der Waals surface area contributed by atoms with Crippen molar-refractivity contribution in [2.75, 3.05) is 20.2 Å². The van der Waals surface area contributed by atoms with Gasteiger partial charge >= 0.3 is 0 Å². The topological polar surface area (TPSA) is 41.5 Å². The predicted molar refractivity (Wildman–Crippen MR) is 50.0 cm³/mol. The Morgan fingerprint density at radius 2 is 2.08 bits per heavy atom. The summed E-state index contributed by atoms with van der Waals surface area (Å²) in [7, 11) is 1.80. The van der Waals surface area contributed by atoms with Gasteiger partial charge in [-0.15, -0.1) is 0 Å². The molecule has 0 spiro atoms. The van der Waals surface area contributed by atoms with Crippen LogP contribution in [0.3, 0.4) is 0 Å². The van der Waals surface area contributed by atoms with Crippen LogP contribution in [-0.2, 0) is 4.74 Å². The molecule has 74 valence electrons. The van der Waals surface area contributed by atoms with E-state index in [1.165, 1.54) is 6.42 Å². The summed E-state index contributed by atoms with van der Waals surface area (Å²) in [4.78, 5) is 0. The molecule has 0 radical (unpaired) electrons. The summed E-state index contributed by atoms with van der Waals surface area (Å²) in [5.41, 5.74) is 0. The molecule has 0 bridgehead atoms. The van der Waals surface area contributed by atoms with E-state index in [4.69, 9.17) is 4.74 Å². The summed E-state index contributed by atoms with van der Waals surface area (Å²) in [6.07, 6.45) is 3.36. The Morgan fingerprint density at radius 1 is 1.42 bits per heavy atom. The third kappa shape index (κ3) is 6.58. The number of ether oxygens (including phenoxy) is 1. The van der Waals surface area contributed by atoms with Gasteiger partial charge in [0.1, 0.15) is 0 Å². The summed E-state index contributed by atoms with van der Waals surface area (Å²) in [5, 5.41) is 12.4. The first kappa shape index (κ1) is 11.9. The van der Waals surface area contributed by atoms with E-state index in [0.29, 0.717) is 13.2 Å². The number of aliphatic hydroxyl groups is 1. The van der Waals surface area contributed by atoms with E-state index in [-0.39, 0.29) is 0 Å². The first-order valence-corrected chi connectivity index (χ1v) is 4.63. The van der Waals surface area contributed by atoms with Crippen LogP contribution in [0.4, 0.5) is 0 Å². The Balaban J connectivity index is 3.33. The van der Waals surface area contributed by atoms with Gasteiger partial charge in [0.25, 0.3) is 0 Å². The van der Waals surface area contributed by atoms with E-state index in [1.807, 2.05) is 0 Å². The van der Waals surface area contributed by atoms with Crippen molar-refractivity contribution in [2.45, 2.75) is 38.9 Å². The summed E-state index contributed by atoms with van der Waals surface area (Å²) < 4.78 is 5.26. The Hall–Kier alpha value is -0.120. The number of hydrogen-bond donors (Lipinski definition) is 2. The predicted octanol–water partition coefficient (Wildman–Crippen LogP) is 1.12. The highest BCUT2D eigenvalue weighted by Crippen LogP contribution is 2.05. The van der Waals surface area contributed by atoms with Gasteiger partial charge in [-0.25, -0.2) is 0 Å². The van der Waals surface area contributed by atoms with Crippen molar-refractivity contribution in [3.8, 4) is 0 Å². The fourth-order valence-corrected chi connectivity index (χ4v) is 1.02. The van der Waals surface area contributed by atoms with E-state index in [1.54, 1.807) is 14.0 Å². The zero-order valence-corrected chi connectivity index (χ0v) is 8.39. The molecule has 12 heavy (non-hydrogen) atoms. The van der Waals surface area contributed by atoms with Crippen molar-refractivity contribution in [1.29, 1.82) is 0 Å². The highest BCUT2D eigenvalue weighted by Gasteiger charge is 2.18.